The molecule has 0 saturated heterocycles. The third kappa shape index (κ3) is 3.79. The lowest BCUT2D eigenvalue weighted by molar-refractivity contribution is -0.128. The molecule has 1 fully saturated rings. The summed E-state index contributed by atoms with van der Waals surface area (Å²) < 4.78 is 26.6. The van der Waals surface area contributed by atoms with E-state index >= 15 is 0 Å². The lowest BCUT2D eigenvalue weighted by Crippen LogP contribution is -2.40. The molecule has 5 heteroatoms. The summed E-state index contributed by atoms with van der Waals surface area (Å²) >= 11 is 0. The van der Waals surface area contributed by atoms with E-state index in [0.717, 1.165) is 31.7 Å². The molecule has 3 atom stereocenters. The molecule has 1 aromatic carbocycles. The molecule has 3 nitrogen and oxygen atoms in total. The first kappa shape index (κ1) is 15.9. The van der Waals surface area contributed by atoms with E-state index in [9.17, 15) is 13.6 Å². The van der Waals surface area contributed by atoms with Gasteiger partial charge in [0.25, 0.3) is 0 Å². The van der Waals surface area contributed by atoms with E-state index in [4.69, 9.17) is 5.73 Å². The molecule has 21 heavy (non-hydrogen) atoms. The molecule has 1 aliphatic rings. The monoisotopic (exact) mass is 296 g/mol. The van der Waals surface area contributed by atoms with Crippen LogP contribution in [0.15, 0.2) is 18.2 Å². The third-order valence-electron chi connectivity index (χ3n) is 4.34. The van der Waals surface area contributed by atoms with Crippen LogP contribution in [0, 0.1) is 23.5 Å². The Bertz CT molecular complexity index is 507. The topological polar surface area (TPSA) is 55.1 Å². The zero-order valence-electron chi connectivity index (χ0n) is 12.2. The zero-order chi connectivity index (χ0) is 15.4. The van der Waals surface area contributed by atoms with Crippen LogP contribution < -0.4 is 11.1 Å². The van der Waals surface area contributed by atoms with Gasteiger partial charge in [-0.1, -0.05) is 18.9 Å². The van der Waals surface area contributed by atoms with Crippen LogP contribution in [0.25, 0.3) is 0 Å². The minimum absolute atomic E-state index is 0.0821. The number of carbonyl (C=O) groups is 1. The fourth-order valence-electron chi connectivity index (χ4n) is 3.09. The Labute approximate surface area is 123 Å². The smallest absolute Gasteiger partial charge is 0.223 e. The van der Waals surface area contributed by atoms with E-state index in [-0.39, 0.29) is 17.7 Å². The van der Waals surface area contributed by atoms with Gasteiger partial charge in [0.15, 0.2) is 0 Å². The number of rotatable bonds is 4. The van der Waals surface area contributed by atoms with Crippen molar-refractivity contribution in [2.24, 2.45) is 17.6 Å². The fourth-order valence-corrected chi connectivity index (χ4v) is 3.09. The molecule has 1 saturated carbocycles. The number of halogens is 2. The normalized spacial score (nSPS) is 23.6. The molecule has 3 unspecified atom stereocenters. The van der Waals surface area contributed by atoms with Crippen LogP contribution in [-0.4, -0.2) is 12.5 Å². The summed E-state index contributed by atoms with van der Waals surface area (Å²) in [5.41, 5.74) is 6.03. The van der Waals surface area contributed by atoms with Crippen LogP contribution in [-0.2, 0) is 4.79 Å². The Balaban J connectivity index is 2.04. The van der Waals surface area contributed by atoms with Crippen LogP contribution in [0.5, 0.6) is 0 Å². The maximum atomic E-state index is 13.7. The average Bonchev–Trinajstić information content (AvgIpc) is 2.46. The van der Waals surface area contributed by atoms with Crippen LogP contribution >= 0.6 is 0 Å². The van der Waals surface area contributed by atoms with Crippen molar-refractivity contribution in [3.63, 3.8) is 0 Å². The Kier molecular flexibility index (Phi) is 5.28. The standard InChI is InChI=1S/C16H22F2N2O/c1-10(13-7-6-12(17)8-15(13)18)20-16(21)14-5-3-2-4-11(14)9-19/h6-8,10-11,14H,2-5,9,19H2,1H3,(H,20,21). The minimum atomic E-state index is -0.637. The maximum absolute atomic E-state index is 13.7. The fraction of sp³-hybridized carbons (Fsp3) is 0.562. The van der Waals surface area contributed by atoms with Crippen molar-refractivity contribution in [2.45, 2.75) is 38.6 Å². The second kappa shape index (κ2) is 6.98. The minimum Gasteiger partial charge on any atom is -0.349 e. The van der Waals surface area contributed by atoms with Crippen molar-refractivity contribution in [1.82, 2.24) is 5.32 Å². The first-order valence-electron chi connectivity index (χ1n) is 7.48. The van der Waals surface area contributed by atoms with E-state index in [1.807, 2.05) is 0 Å². The molecular weight excluding hydrogens is 274 g/mol. The molecular formula is C16H22F2N2O. The number of benzene rings is 1. The van der Waals surface area contributed by atoms with E-state index in [2.05, 4.69) is 5.32 Å². The number of hydrogen-bond acceptors (Lipinski definition) is 2. The van der Waals surface area contributed by atoms with Gasteiger partial charge < -0.3 is 11.1 Å². The first-order valence-corrected chi connectivity index (χ1v) is 7.48. The van der Waals surface area contributed by atoms with Gasteiger partial charge in [-0.2, -0.15) is 0 Å². The molecule has 0 radical (unpaired) electrons. The van der Waals surface area contributed by atoms with Crippen LogP contribution in [0.2, 0.25) is 0 Å². The zero-order valence-corrected chi connectivity index (χ0v) is 12.2. The SMILES string of the molecule is CC(NC(=O)C1CCCCC1CN)c1ccc(F)cc1F. The maximum Gasteiger partial charge on any atom is 0.223 e. The van der Waals surface area contributed by atoms with Gasteiger partial charge >= 0.3 is 0 Å². The predicted octanol–water partition coefficient (Wildman–Crippen LogP) is 2.91. The van der Waals surface area contributed by atoms with Gasteiger partial charge in [-0.05, 0) is 38.3 Å². The summed E-state index contributed by atoms with van der Waals surface area (Å²) in [4.78, 5) is 12.4. The Morgan fingerprint density at radius 1 is 1.38 bits per heavy atom. The largest absolute Gasteiger partial charge is 0.349 e. The quantitative estimate of drug-likeness (QED) is 0.897. The highest BCUT2D eigenvalue weighted by Gasteiger charge is 2.30. The Morgan fingerprint density at radius 3 is 2.76 bits per heavy atom. The lowest BCUT2D eigenvalue weighted by Gasteiger charge is -2.30. The van der Waals surface area contributed by atoms with Crippen LogP contribution in [0.1, 0.15) is 44.2 Å². The Hall–Kier alpha value is -1.49. The van der Waals surface area contributed by atoms with E-state index in [1.165, 1.54) is 12.1 Å². The van der Waals surface area contributed by atoms with Crippen molar-refractivity contribution in [2.75, 3.05) is 6.54 Å². The molecule has 116 valence electrons. The molecule has 0 bridgehead atoms. The molecule has 1 amide bonds. The van der Waals surface area contributed by atoms with E-state index in [1.54, 1.807) is 6.92 Å². The second-order valence-corrected chi connectivity index (χ2v) is 5.78. The molecule has 1 aliphatic carbocycles. The van der Waals surface area contributed by atoms with Crippen LogP contribution in [0.3, 0.4) is 0 Å². The lowest BCUT2D eigenvalue weighted by atomic mass is 9.78. The van der Waals surface area contributed by atoms with Crippen LogP contribution in [0.4, 0.5) is 8.78 Å². The molecule has 0 heterocycles. The van der Waals surface area contributed by atoms with Gasteiger partial charge in [0.05, 0.1) is 6.04 Å². The summed E-state index contributed by atoms with van der Waals surface area (Å²) in [6, 6.07) is 2.92. The second-order valence-electron chi connectivity index (χ2n) is 5.78. The summed E-state index contributed by atoms with van der Waals surface area (Å²) in [7, 11) is 0. The van der Waals surface area contributed by atoms with Crippen molar-refractivity contribution in [3.8, 4) is 0 Å². The molecule has 3 N–H and O–H groups in total. The average molecular weight is 296 g/mol. The summed E-state index contributed by atoms with van der Waals surface area (Å²) in [6.45, 7) is 2.20. The molecule has 2 rings (SSSR count). The molecule has 1 aromatic rings. The molecule has 0 aliphatic heterocycles. The summed E-state index contributed by atoms with van der Waals surface area (Å²) in [5.74, 6) is -1.24. The predicted molar refractivity (Wildman–Crippen MR) is 77.4 cm³/mol. The number of amides is 1. The number of carbonyl (C=O) groups excluding carboxylic acids is 1. The first-order chi connectivity index (χ1) is 10.0. The van der Waals surface area contributed by atoms with Gasteiger partial charge in [0.2, 0.25) is 5.91 Å². The Morgan fingerprint density at radius 2 is 2.10 bits per heavy atom. The molecule has 0 spiro atoms. The van der Waals surface area contributed by atoms with Gasteiger partial charge in [-0.15, -0.1) is 0 Å². The van der Waals surface area contributed by atoms with Crippen molar-refractivity contribution in [1.29, 1.82) is 0 Å². The van der Waals surface area contributed by atoms with Crippen molar-refractivity contribution >= 4 is 5.91 Å². The highest BCUT2D eigenvalue weighted by atomic mass is 19.1. The van der Waals surface area contributed by atoms with Gasteiger partial charge in [0.1, 0.15) is 11.6 Å². The van der Waals surface area contributed by atoms with Gasteiger partial charge in [-0.25, -0.2) is 8.78 Å². The van der Waals surface area contributed by atoms with E-state index < -0.39 is 17.7 Å². The van der Waals surface area contributed by atoms with E-state index in [0.29, 0.717) is 12.1 Å². The summed E-state index contributed by atoms with van der Waals surface area (Å²) in [5, 5.41) is 2.83. The highest BCUT2D eigenvalue weighted by Crippen LogP contribution is 2.30. The van der Waals surface area contributed by atoms with Crippen molar-refractivity contribution in [3.05, 3.63) is 35.4 Å². The highest BCUT2D eigenvalue weighted by molar-refractivity contribution is 5.79. The number of hydrogen-bond donors (Lipinski definition) is 2. The van der Waals surface area contributed by atoms with Crippen molar-refractivity contribution < 1.29 is 13.6 Å². The summed E-state index contributed by atoms with van der Waals surface area (Å²) in [6.07, 6.45) is 3.92. The van der Waals surface area contributed by atoms with Gasteiger partial charge in [-0.3, -0.25) is 4.79 Å². The van der Waals surface area contributed by atoms with Gasteiger partial charge in [0, 0.05) is 17.5 Å². The third-order valence-corrected chi connectivity index (χ3v) is 4.34. The number of nitrogens with two attached hydrogens (primary N) is 1. The number of nitrogens with one attached hydrogen (secondary N) is 1. The molecule has 0 aromatic heterocycles.